The molecule has 1 aromatic carbocycles. The molecule has 4 nitrogen and oxygen atoms in total. The Labute approximate surface area is 131 Å². The first kappa shape index (κ1) is 17.0. The number of alkyl halides is 3. The fourth-order valence-corrected chi connectivity index (χ4v) is 2.07. The lowest BCUT2D eigenvalue weighted by Gasteiger charge is -2.20. The third-order valence-corrected chi connectivity index (χ3v) is 3.47. The van der Waals surface area contributed by atoms with Crippen LogP contribution in [-0.2, 0) is 17.4 Å². The maximum Gasteiger partial charge on any atom is 0.416 e. The molecule has 0 aliphatic heterocycles. The minimum atomic E-state index is -4.37. The van der Waals surface area contributed by atoms with Crippen molar-refractivity contribution in [1.29, 1.82) is 0 Å². The van der Waals surface area contributed by atoms with Crippen molar-refractivity contribution in [2.75, 3.05) is 0 Å². The van der Waals surface area contributed by atoms with Gasteiger partial charge >= 0.3 is 6.18 Å². The number of nitrogens with two attached hydrogens (primary N) is 2. The van der Waals surface area contributed by atoms with Crippen LogP contribution in [0.25, 0.3) is 11.1 Å². The molecule has 0 aliphatic rings. The second-order valence-corrected chi connectivity index (χ2v) is 5.57. The van der Waals surface area contributed by atoms with Gasteiger partial charge in [-0.1, -0.05) is 12.1 Å². The van der Waals surface area contributed by atoms with E-state index in [4.69, 9.17) is 11.5 Å². The number of carbonyl (C=O) groups excluding carboxylic acids is 1. The van der Waals surface area contributed by atoms with E-state index in [9.17, 15) is 18.0 Å². The Kier molecular flexibility index (Phi) is 4.42. The third kappa shape index (κ3) is 4.07. The summed E-state index contributed by atoms with van der Waals surface area (Å²) in [6.45, 7) is 1.50. The third-order valence-electron chi connectivity index (χ3n) is 3.47. The fourth-order valence-electron chi connectivity index (χ4n) is 2.07. The normalized spacial score (nSPS) is 14.3. The van der Waals surface area contributed by atoms with Gasteiger partial charge in [0.25, 0.3) is 0 Å². The molecule has 122 valence electrons. The monoisotopic (exact) mass is 323 g/mol. The van der Waals surface area contributed by atoms with E-state index < -0.39 is 23.2 Å². The van der Waals surface area contributed by atoms with Gasteiger partial charge < -0.3 is 11.5 Å². The molecule has 0 fully saturated rings. The summed E-state index contributed by atoms with van der Waals surface area (Å²) in [6.07, 6.45) is -2.72. The molecule has 2 aromatic rings. The highest BCUT2D eigenvalue weighted by Crippen LogP contribution is 2.31. The Morgan fingerprint density at radius 1 is 1.13 bits per heavy atom. The van der Waals surface area contributed by atoms with Gasteiger partial charge in [0.05, 0.1) is 11.1 Å². The second kappa shape index (κ2) is 6.00. The van der Waals surface area contributed by atoms with Crippen LogP contribution in [0.4, 0.5) is 13.2 Å². The van der Waals surface area contributed by atoms with E-state index in [-0.39, 0.29) is 6.42 Å². The van der Waals surface area contributed by atoms with Gasteiger partial charge in [-0.15, -0.1) is 0 Å². The molecular formula is C16H16F3N3O. The highest BCUT2D eigenvalue weighted by Gasteiger charge is 2.30. The maximum absolute atomic E-state index is 12.6. The summed E-state index contributed by atoms with van der Waals surface area (Å²) in [5, 5.41) is 0. The zero-order valence-corrected chi connectivity index (χ0v) is 12.4. The zero-order chi connectivity index (χ0) is 17.3. The van der Waals surface area contributed by atoms with Crippen molar-refractivity contribution < 1.29 is 18.0 Å². The van der Waals surface area contributed by atoms with Crippen molar-refractivity contribution in [3.63, 3.8) is 0 Å². The standard InChI is InChI=1S/C16H16F3N3O/c1-15(21,14(20)23)9-13-8-11(6-7-22-13)10-2-4-12(5-3-10)16(17,18)19/h2-8H,9,21H2,1H3,(H2,20,23)/t15-/m0/s1. The zero-order valence-electron chi connectivity index (χ0n) is 12.4. The molecular weight excluding hydrogens is 307 g/mol. The lowest BCUT2D eigenvalue weighted by Crippen LogP contribution is -2.51. The molecule has 0 radical (unpaired) electrons. The predicted octanol–water partition coefficient (Wildman–Crippen LogP) is 2.51. The number of hydrogen-bond donors (Lipinski definition) is 2. The van der Waals surface area contributed by atoms with Crippen molar-refractivity contribution >= 4 is 5.91 Å². The first-order valence-corrected chi connectivity index (χ1v) is 6.81. The van der Waals surface area contributed by atoms with Gasteiger partial charge in [-0.2, -0.15) is 13.2 Å². The molecule has 0 spiro atoms. The fraction of sp³-hybridized carbons (Fsp3) is 0.250. The second-order valence-electron chi connectivity index (χ2n) is 5.57. The number of nitrogens with zero attached hydrogens (tertiary/aromatic N) is 1. The van der Waals surface area contributed by atoms with Crippen molar-refractivity contribution in [3.05, 3.63) is 53.9 Å². The van der Waals surface area contributed by atoms with Crippen LogP contribution in [-0.4, -0.2) is 16.4 Å². The van der Waals surface area contributed by atoms with E-state index in [0.29, 0.717) is 16.8 Å². The Morgan fingerprint density at radius 3 is 2.26 bits per heavy atom. The van der Waals surface area contributed by atoms with Crippen LogP contribution in [0, 0.1) is 0 Å². The van der Waals surface area contributed by atoms with Crippen LogP contribution in [0.1, 0.15) is 18.2 Å². The predicted molar refractivity (Wildman–Crippen MR) is 80.2 cm³/mol. The molecule has 1 atom stereocenters. The first-order chi connectivity index (χ1) is 10.6. The van der Waals surface area contributed by atoms with Crippen LogP contribution in [0.2, 0.25) is 0 Å². The van der Waals surface area contributed by atoms with Crippen molar-refractivity contribution in [3.8, 4) is 11.1 Å². The Hall–Kier alpha value is -2.41. The minimum Gasteiger partial charge on any atom is -0.368 e. The topological polar surface area (TPSA) is 82.0 Å². The Balaban J connectivity index is 2.28. The van der Waals surface area contributed by atoms with Crippen LogP contribution >= 0.6 is 0 Å². The Morgan fingerprint density at radius 2 is 1.74 bits per heavy atom. The maximum atomic E-state index is 12.6. The van der Waals surface area contributed by atoms with E-state index in [0.717, 1.165) is 12.1 Å². The van der Waals surface area contributed by atoms with Crippen LogP contribution in [0.5, 0.6) is 0 Å². The lowest BCUT2D eigenvalue weighted by atomic mass is 9.94. The summed E-state index contributed by atoms with van der Waals surface area (Å²) >= 11 is 0. The average molecular weight is 323 g/mol. The molecule has 2 rings (SSSR count). The summed E-state index contributed by atoms with van der Waals surface area (Å²) in [6, 6.07) is 8.16. The van der Waals surface area contributed by atoms with Gasteiger partial charge in [-0.25, -0.2) is 0 Å². The highest BCUT2D eigenvalue weighted by molar-refractivity contribution is 5.84. The van der Waals surface area contributed by atoms with Crippen LogP contribution in [0.15, 0.2) is 42.6 Å². The smallest absolute Gasteiger partial charge is 0.368 e. The molecule has 4 N–H and O–H groups in total. The molecule has 23 heavy (non-hydrogen) atoms. The van der Waals surface area contributed by atoms with Crippen molar-refractivity contribution in [2.24, 2.45) is 11.5 Å². The number of benzene rings is 1. The number of amides is 1. The summed E-state index contributed by atoms with van der Waals surface area (Å²) < 4.78 is 37.7. The molecule has 1 amide bonds. The lowest BCUT2D eigenvalue weighted by molar-refractivity contribution is -0.137. The molecule has 0 bridgehead atoms. The first-order valence-electron chi connectivity index (χ1n) is 6.81. The van der Waals surface area contributed by atoms with Gasteiger partial charge in [-0.3, -0.25) is 9.78 Å². The molecule has 0 aliphatic carbocycles. The summed E-state index contributed by atoms with van der Waals surface area (Å²) in [5.41, 5.74) is 10.9. The van der Waals surface area contributed by atoms with E-state index in [1.165, 1.54) is 25.3 Å². The van der Waals surface area contributed by atoms with Gasteiger partial charge in [0.2, 0.25) is 5.91 Å². The van der Waals surface area contributed by atoms with Gasteiger partial charge in [0.15, 0.2) is 0 Å². The minimum absolute atomic E-state index is 0.136. The molecule has 7 heteroatoms. The molecule has 0 saturated heterocycles. The summed E-state index contributed by atoms with van der Waals surface area (Å²) in [7, 11) is 0. The van der Waals surface area contributed by atoms with Crippen molar-refractivity contribution in [1.82, 2.24) is 4.98 Å². The quantitative estimate of drug-likeness (QED) is 0.907. The van der Waals surface area contributed by atoms with Crippen LogP contribution in [0.3, 0.4) is 0 Å². The van der Waals surface area contributed by atoms with Crippen molar-refractivity contribution in [2.45, 2.75) is 25.1 Å². The highest BCUT2D eigenvalue weighted by atomic mass is 19.4. The van der Waals surface area contributed by atoms with Gasteiger partial charge in [-0.05, 0) is 42.3 Å². The number of carbonyl (C=O) groups is 1. The Bertz CT molecular complexity index is 709. The van der Waals surface area contributed by atoms with E-state index in [1.54, 1.807) is 12.1 Å². The molecule has 1 aromatic heterocycles. The van der Waals surface area contributed by atoms with E-state index >= 15 is 0 Å². The molecule has 1 heterocycles. The summed E-state index contributed by atoms with van der Waals surface area (Å²) in [5.74, 6) is -0.653. The number of rotatable bonds is 4. The largest absolute Gasteiger partial charge is 0.416 e. The average Bonchev–Trinajstić information content (AvgIpc) is 2.46. The number of halogens is 3. The number of primary amides is 1. The number of hydrogen-bond acceptors (Lipinski definition) is 3. The summed E-state index contributed by atoms with van der Waals surface area (Å²) in [4.78, 5) is 15.4. The molecule has 0 saturated carbocycles. The number of aromatic nitrogens is 1. The van der Waals surface area contributed by atoms with E-state index in [1.807, 2.05) is 0 Å². The van der Waals surface area contributed by atoms with Gasteiger partial charge in [0.1, 0.15) is 0 Å². The van der Waals surface area contributed by atoms with E-state index in [2.05, 4.69) is 4.98 Å². The van der Waals surface area contributed by atoms with Crippen LogP contribution < -0.4 is 11.5 Å². The SMILES string of the molecule is C[C@](N)(Cc1cc(-c2ccc(C(F)(F)F)cc2)ccn1)C(N)=O. The van der Waals surface area contributed by atoms with Gasteiger partial charge in [0, 0.05) is 18.3 Å². The number of pyridine rings is 1. The molecule has 0 unspecified atom stereocenters.